The van der Waals surface area contributed by atoms with Gasteiger partial charge in [0.1, 0.15) is 17.4 Å². The van der Waals surface area contributed by atoms with Gasteiger partial charge in [-0.25, -0.2) is 0 Å². The molecule has 1 aliphatic heterocycles. The molecule has 3 rings (SSSR count). The van der Waals surface area contributed by atoms with Crippen LogP contribution in [-0.4, -0.2) is 40.2 Å². The highest BCUT2D eigenvalue weighted by Gasteiger charge is 2.45. The van der Waals surface area contributed by atoms with E-state index in [1.807, 2.05) is 0 Å². The predicted molar refractivity (Wildman–Crippen MR) is 109 cm³/mol. The standard InChI is InChI=1S/C21H18F3N3O6/c1-3-9-33-16-8-7-12(21(22,23)24)10-14(16)25-18(28)11(2)26-19(29)13-5-4-6-15(27(31)32)17(13)20(26)30/h4-8,10-11H,3,9H2,1-2H3,(H,25,28)/t11-/m0/s1. The van der Waals surface area contributed by atoms with Crippen molar-refractivity contribution in [2.75, 3.05) is 11.9 Å². The smallest absolute Gasteiger partial charge is 0.416 e. The van der Waals surface area contributed by atoms with Gasteiger partial charge in [0.15, 0.2) is 0 Å². The van der Waals surface area contributed by atoms with E-state index in [1.165, 1.54) is 19.1 Å². The van der Waals surface area contributed by atoms with E-state index in [2.05, 4.69) is 5.32 Å². The van der Waals surface area contributed by atoms with Gasteiger partial charge in [0.2, 0.25) is 5.91 Å². The number of carbonyl (C=O) groups is 3. The monoisotopic (exact) mass is 465 g/mol. The third kappa shape index (κ3) is 4.49. The van der Waals surface area contributed by atoms with E-state index in [1.54, 1.807) is 6.92 Å². The van der Waals surface area contributed by atoms with E-state index in [-0.39, 0.29) is 23.6 Å². The highest BCUT2D eigenvalue weighted by Crippen LogP contribution is 2.36. The van der Waals surface area contributed by atoms with E-state index in [0.717, 1.165) is 18.2 Å². The Kier molecular flexibility index (Phi) is 6.38. The molecule has 174 valence electrons. The summed E-state index contributed by atoms with van der Waals surface area (Å²) in [6.45, 7) is 3.14. The Morgan fingerprint density at radius 1 is 1.21 bits per heavy atom. The molecule has 2 aromatic rings. The zero-order valence-corrected chi connectivity index (χ0v) is 17.4. The van der Waals surface area contributed by atoms with Crippen LogP contribution in [0.4, 0.5) is 24.5 Å². The number of amides is 3. The van der Waals surface area contributed by atoms with Crippen molar-refractivity contribution >= 4 is 29.1 Å². The Labute approximate surface area is 185 Å². The number of alkyl halides is 3. The molecule has 0 spiro atoms. The van der Waals surface area contributed by atoms with E-state index < -0.39 is 51.7 Å². The van der Waals surface area contributed by atoms with Gasteiger partial charge in [-0.1, -0.05) is 13.0 Å². The van der Waals surface area contributed by atoms with E-state index >= 15 is 0 Å². The van der Waals surface area contributed by atoms with Gasteiger partial charge in [-0.2, -0.15) is 13.2 Å². The normalized spacial score (nSPS) is 14.2. The molecule has 9 nitrogen and oxygen atoms in total. The Morgan fingerprint density at radius 2 is 1.91 bits per heavy atom. The molecule has 33 heavy (non-hydrogen) atoms. The van der Waals surface area contributed by atoms with Gasteiger partial charge in [-0.3, -0.25) is 29.4 Å². The lowest BCUT2D eigenvalue weighted by Crippen LogP contribution is -2.45. The van der Waals surface area contributed by atoms with Crippen LogP contribution in [-0.2, 0) is 11.0 Å². The van der Waals surface area contributed by atoms with Crippen molar-refractivity contribution in [3.8, 4) is 5.75 Å². The number of hydrogen-bond acceptors (Lipinski definition) is 6. The largest absolute Gasteiger partial charge is 0.491 e. The third-order valence-electron chi connectivity index (χ3n) is 4.91. The van der Waals surface area contributed by atoms with E-state index in [9.17, 15) is 37.7 Å². The van der Waals surface area contributed by atoms with Gasteiger partial charge in [0.05, 0.1) is 28.3 Å². The predicted octanol–water partition coefficient (Wildman–Crippen LogP) is 4.03. The number of fused-ring (bicyclic) bond motifs is 1. The molecular weight excluding hydrogens is 447 g/mol. The molecule has 0 aromatic heterocycles. The molecule has 12 heteroatoms. The van der Waals surface area contributed by atoms with Crippen LogP contribution < -0.4 is 10.1 Å². The Balaban J connectivity index is 1.91. The second kappa shape index (κ2) is 8.88. The van der Waals surface area contributed by atoms with Gasteiger partial charge >= 0.3 is 6.18 Å². The minimum atomic E-state index is -4.68. The van der Waals surface area contributed by atoms with Crippen LogP contribution >= 0.6 is 0 Å². The summed E-state index contributed by atoms with van der Waals surface area (Å²) in [5, 5.41) is 13.5. The summed E-state index contributed by atoms with van der Waals surface area (Å²) in [7, 11) is 0. The number of benzene rings is 2. The lowest BCUT2D eigenvalue weighted by atomic mass is 10.1. The maximum atomic E-state index is 13.1. The van der Waals surface area contributed by atoms with Gasteiger partial charge in [-0.15, -0.1) is 0 Å². The summed E-state index contributed by atoms with van der Waals surface area (Å²) >= 11 is 0. The molecule has 1 aliphatic rings. The average molecular weight is 465 g/mol. The Hall–Kier alpha value is -3.96. The number of rotatable bonds is 7. The molecule has 3 amide bonds. The molecule has 0 saturated carbocycles. The molecule has 0 fully saturated rings. The first-order valence-electron chi connectivity index (χ1n) is 9.77. The van der Waals surface area contributed by atoms with Gasteiger partial charge in [-0.05, 0) is 37.6 Å². The molecule has 1 heterocycles. The lowest BCUT2D eigenvalue weighted by Gasteiger charge is -2.22. The SMILES string of the molecule is CCCOc1ccc(C(F)(F)F)cc1NC(=O)[C@H](C)N1C(=O)c2cccc([N+](=O)[O-])c2C1=O. The zero-order valence-electron chi connectivity index (χ0n) is 17.4. The van der Waals surface area contributed by atoms with Crippen molar-refractivity contribution in [2.45, 2.75) is 32.5 Å². The molecule has 1 N–H and O–H groups in total. The first-order chi connectivity index (χ1) is 15.5. The summed E-state index contributed by atoms with van der Waals surface area (Å²) < 4.78 is 44.8. The van der Waals surface area contributed by atoms with Crippen LogP contribution in [0.1, 0.15) is 46.5 Å². The molecule has 0 unspecified atom stereocenters. The summed E-state index contributed by atoms with van der Waals surface area (Å²) in [5.41, 5.74) is -2.60. The fourth-order valence-corrected chi connectivity index (χ4v) is 3.29. The summed E-state index contributed by atoms with van der Waals surface area (Å²) in [6, 6.07) is 4.57. The number of nitrogens with one attached hydrogen (secondary N) is 1. The average Bonchev–Trinajstić information content (AvgIpc) is 3.01. The fourth-order valence-electron chi connectivity index (χ4n) is 3.29. The maximum absolute atomic E-state index is 13.1. The Bertz CT molecular complexity index is 1150. The molecule has 0 saturated heterocycles. The number of ether oxygens (including phenoxy) is 1. The maximum Gasteiger partial charge on any atom is 0.416 e. The van der Waals surface area contributed by atoms with Crippen LogP contribution in [0, 0.1) is 10.1 Å². The number of hydrogen-bond donors (Lipinski definition) is 1. The van der Waals surface area contributed by atoms with Crippen LogP contribution in [0.3, 0.4) is 0 Å². The second-order valence-corrected chi connectivity index (χ2v) is 7.16. The van der Waals surface area contributed by atoms with Crippen LogP contribution in [0.5, 0.6) is 5.75 Å². The van der Waals surface area contributed by atoms with Crippen molar-refractivity contribution < 1.29 is 37.2 Å². The third-order valence-corrected chi connectivity index (χ3v) is 4.91. The highest BCUT2D eigenvalue weighted by atomic mass is 19.4. The quantitative estimate of drug-likeness (QED) is 0.375. The van der Waals surface area contributed by atoms with Crippen LogP contribution in [0.15, 0.2) is 36.4 Å². The lowest BCUT2D eigenvalue weighted by molar-refractivity contribution is -0.385. The van der Waals surface area contributed by atoms with Crippen molar-refractivity contribution in [3.05, 3.63) is 63.2 Å². The number of nitro groups is 1. The van der Waals surface area contributed by atoms with Crippen LogP contribution in [0.25, 0.3) is 0 Å². The zero-order chi connectivity index (χ0) is 24.5. The molecule has 2 aromatic carbocycles. The van der Waals surface area contributed by atoms with Gasteiger partial charge in [0, 0.05) is 6.07 Å². The number of nitro benzene ring substituents is 1. The van der Waals surface area contributed by atoms with Crippen LogP contribution in [0.2, 0.25) is 0 Å². The topological polar surface area (TPSA) is 119 Å². The van der Waals surface area contributed by atoms with Gasteiger partial charge in [0.25, 0.3) is 17.5 Å². The number of halogens is 3. The molecule has 0 radical (unpaired) electrons. The minimum absolute atomic E-state index is 0.0246. The van der Waals surface area contributed by atoms with Crippen molar-refractivity contribution in [2.24, 2.45) is 0 Å². The molecule has 0 bridgehead atoms. The summed E-state index contributed by atoms with van der Waals surface area (Å²) in [6.07, 6.45) is -4.13. The number of imide groups is 1. The first-order valence-corrected chi connectivity index (χ1v) is 9.77. The molecular formula is C21H18F3N3O6. The first kappa shape index (κ1) is 23.7. The minimum Gasteiger partial charge on any atom is -0.491 e. The van der Waals surface area contributed by atoms with E-state index in [0.29, 0.717) is 17.4 Å². The molecule has 0 aliphatic carbocycles. The molecule has 1 atom stereocenters. The fraction of sp³-hybridized carbons (Fsp3) is 0.286. The Morgan fingerprint density at radius 3 is 2.52 bits per heavy atom. The second-order valence-electron chi connectivity index (χ2n) is 7.16. The van der Waals surface area contributed by atoms with E-state index in [4.69, 9.17) is 4.74 Å². The number of nitrogens with zero attached hydrogens (tertiary/aromatic N) is 2. The number of anilines is 1. The van der Waals surface area contributed by atoms with Gasteiger partial charge < -0.3 is 10.1 Å². The highest BCUT2D eigenvalue weighted by molar-refractivity contribution is 6.24. The van der Waals surface area contributed by atoms with Crippen molar-refractivity contribution in [1.29, 1.82) is 0 Å². The van der Waals surface area contributed by atoms with Crippen molar-refractivity contribution in [1.82, 2.24) is 4.90 Å². The number of carbonyl (C=O) groups excluding carboxylic acids is 3. The van der Waals surface area contributed by atoms with Crippen molar-refractivity contribution in [3.63, 3.8) is 0 Å². The summed E-state index contributed by atoms with van der Waals surface area (Å²) in [5.74, 6) is -2.97. The summed E-state index contributed by atoms with van der Waals surface area (Å²) in [4.78, 5) is 49.2.